The van der Waals surface area contributed by atoms with Crippen LogP contribution >= 0.6 is 15.6 Å². The monoisotopic (exact) mass is 1450 g/mol. The highest BCUT2D eigenvalue weighted by atomic mass is 31.2. The van der Waals surface area contributed by atoms with Gasteiger partial charge in [0.05, 0.1) is 26.4 Å². The molecule has 0 amide bonds. The van der Waals surface area contributed by atoms with Gasteiger partial charge in [-0.05, 0) is 49.4 Å². The van der Waals surface area contributed by atoms with E-state index in [9.17, 15) is 43.2 Å². The minimum absolute atomic E-state index is 0.104. The summed E-state index contributed by atoms with van der Waals surface area (Å²) in [6.45, 7) is 14.3. The topological polar surface area (TPSA) is 237 Å². The molecular formula is C80H156O17P2. The van der Waals surface area contributed by atoms with E-state index in [0.717, 1.165) is 114 Å². The van der Waals surface area contributed by atoms with Crippen LogP contribution in [0.3, 0.4) is 0 Å². The lowest BCUT2D eigenvalue weighted by atomic mass is 9.99. The van der Waals surface area contributed by atoms with Crippen LogP contribution < -0.4 is 0 Å². The Balaban J connectivity index is 5.25. The number of hydrogen-bond acceptors (Lipinski definition) is 15. The van der Waals surface area contributed by atoms with E-state index >= 15 is 0 Å². The van der Waals surface area contributed by atoms with Crippen LogP contribution in [0.2, 0.25) is 0 Å². The van der Waals surface area contributed by atoms with Crippen molar-refractivity contribution >= 4 is 39.5 Å². The second-order valence-corrected chi connectivity index (χ2v) is 33.4. The van der Waals surface area contributed by atoms with E-state index in [1.807, 2.05) is 0 Å². The third-order valence-corrected chi connectivity index (χ3v) is 20.8. The van der Waals surface area contributed by atoms with Gasteiger partial charge in [0.2, 0.25) is 0 Å². The highest BCUT2D eigenvalue weighted by Gasteiger charge is 2.30. The summed E-state index contributed by atoms with van der Waals surface area (Å²) in [6, 6.07) is 0. The van der Waals surface area contributed by atoms with Crippen molar-refractivity contribution in [3.8, 4) is 0 Å². The maximum Gasteiger partial charge on any atom is 0.472 e. The molecule has 0 heterocycles. The summed E-state index contributed by atoms with van der Waals surface area (Å²) in [5.41, 5.74) is 0. The van der Waals surface area contributed by atoms with Gasteiger partial charge in [-0.2, -0.15) is 0 Å². The van der Waals surface area contributed by atoms with Crippen molar-refractivity contribution in [2.75, 3.05) is 39.6 Å². The second-order valence-electron chi connectivity index (χ2n) is 30.5. The molecule has 0 radical (unpaired) electrons. The molecule has 0 rings (SSSR count). The first-order valence-electron chi connectivity index (χ1n) is 41.2. The van der Waals surface area contributed by atoms with Crippen molar-refractivity contribution in [1.29, 1.82) is 0 Å². The molecule has 6 atom stereocenters. The van der Waals surface area contributed by atoms with E-state index in [2.05, 4.69) is 55.4 Å². The third kappa shape index (κ3) is 72.8. The maximum atomic E-state index is 13.1. The fraction of sp³-hybridized carbons (Fsp3) is 0.950. The fourth-order valence-corrected chi connectivity index (χ4v) is 13.8. The number of unbranched alkanes of at least 4 members (excludes halogenated alkanes) is 42. The van der Waals surface area contributed by atoms with Gasteiger partial charge >= 0.3 is 39.5 Å². The number of esters is 4. The Hall–Kier alpha value is -1.94. The number of phosphoric ester groups is 2. The van der Waals surface area contributed by atoms with Crippen molar-refractivity contribution in [3.05, 3.63) is 0 Å². The van der Waals surface area contributed by atoms with Gasteiger partial charge in [0.15, 0.2) is 12.2 Å². The Bertz CT molecular complexity index is 1940. The average molecular weight is 1450 g/mol. The summed E-state index contributed by atoms with van der Waals surface area (Å²) >= 11 is 0. The summed E-state index contributed by atoms with van der Waals surface area (Å²) in [4.78, 5) is 73.0. The third-order valence-electron chi connectivity index (χ3n) is 18.9. The van der Waals surface area contributed by atoms with Gasteiger partial charge in [0, 0.05) is 25.7 Å². The van der Waals surface area contributed by atoms with E-state index in [1.165, 1.54) is 212 Å². The molecule has 0 aromatic carbocycles. The van der Waals surface area contributed by atoms with Gasteiger partial charge in [-0.3, -0.25) is 37.3 Å². The number of hydrogen-bond donors (Lipinski definition) is 3. The standard InChI is InChI=1S/C80H156O17P2/c1-9-73(8)59-51-43-35-29-31-39-47-55-63-80(85)97-76(67-91-78(83)61-53-45-37-30-28-34-42-50-58-72(6)7)69-95-99(88,89)93-65-74(81)64-92-98(86,87)94-68-75(96-79(84)62-54-46-38-27-23-19-15-11-13-17-21-25-33-41-49-57-71(4)5)66-90-77(82)60-52-44-36-26-22-18-14-10-12-16-20-24-32-40-48-56-70(2)3/h70-76,81H,9-69H2,1-8H3,(H,86,87)(H,88,89)/t73?,74?,75-,76-/m1/s1. The zero-order chi connectivity index (χ0) is 73.1. The van der Waals surface area contributed by atoms with Gasteiger partial charge in [-0.25, -0.2) is 9.13 Å². The lowest BCUT2D eigenvalue weighted by Crippen LogP contribution is -2.30. The number of aliphatic hydroxyl groups is 1. The predicted molar refractivity (Wildman–Crippen MR) is 404 cm³/mol. The maximum absolute atomic E-state index is 13.1. The van der Waals surface area contributed by atoms with Crippen LogP contribution in [0, 0.1) is 23.7 Å². The first-order valence-corrected chi connectivity index (χ1v) is 44.2. The molecule has 0 bridgehead atoms. The van der Waals surface area contributed by atoms with E-state index in [-0.39, 0.29) is 25.7 Å². The van der Waals surface area contributed by atoms with Crippen molar-refractivity contribution in [3.63, 3.8) is 0 Å². The quantitative estimate of drug-likeness (QED) is 0.0222. The number of rotatable bonds is 77. The molecule has 0 spiro atoms. The van der Waals surface area contributed by atoms with Gasteiger partial charge in [0.25, 0.3) is 0 Å². The smallest absolute Gasteiger partial charge is 0.462 e. The predicted octanol–water partition coefficient (Wildman–Crippen LogP) is 23.6. The van der Waals surface area contributed by atoms with E-state index in [0.29, 0.717) is 25.7 Å². The number of phosphoric acid groups is 2. The summed E-state index contributed by atoms with van der Waals surface area (Å²) in [5, 5.41) is 10.6. The fourth-order valence-electron chi connectivity index (χ4n) is 12.2. The molecule has 99 heavy (non-hydrogen) atoms. The average Bonchev–Trinajstić information content (AvgIpc) is 1.15. The molecule has 588 valence electrons. The van der Waals surface area contributed by atoms with Crippen LogP contribution in [0.5, 0.6) is 0 Å². The van der Waals surface area contributed by atoms with E-state index in [4.69, 9.17) is 37.0 Å². The molecule has 4 unspecified atom stereocenters. The summed E-state index contributed by atoms with van der Waals surface area (Å²) in [6.07, 6.45) is 55.5. The lowest BCUT2D eigenvalue weighted by molar-refractivity contribution is -0.161. The molecule has 0 aliphatic rings. The summed E-state index contributed by atoms with van der Waals surface area (Å²) < 4.78 is 68.7. The molecule has 19 heteroatoms. The van der Waals surface area contributed by atoms with E-state index in [1.54, 1.807) is 0 Å². The Morgan fingerprint density at radius 3 is 0.717 bits per heavy atom. The molecule has 0 saturated carbocycles. The molecule has 0 saturated heterocycles. The number of aliphatic hydroxyl groups excluding tert-OH is 1. The number of carbonyl (C=O) groups is 4. The Morgan fingerprint density at radius 1 is 0.283 bits per heavy atom. The Morgan fingerprint density at radius 2 is 0.485 bits per heavy atom. The molecule has 0 aliphatic heterocycles. The zero-order valence-electron chi connectivity index (χ0n) is 65.1. The number of carbonyl (C=O) groups excluding carboxylic acids is 4. The number of ether oxygens (including phenoxy) is 4. The van der Waals surface area contributed by atoms with Crippen molar-refractivity contribution in [1.82, 2.24) is 0 Å². The van der Waals surface area contributed by atoms with Gasteiger partial charge < -0.3 is 33.8 Å². The minimum atomic E-state index is -4.96. The van der Waals surface area contributed by atoms with Crippen LogP contribution in [0.1, 0.15) is 409 Å². The van der Waals surface area contributed by atoms with Crippen LogP contribution in [0.4, 0.5) is 0 Å². The Kier molecular flexibility index (Phi) is 67.8. The first kappa shape index (κ1) is 97.1. The molecule has 0 aromatic heterocycles. The SMILES string of the molecule is CCC(C)CCCCCCCCCCC(=O)O[C@H](COC(=O)CCCCCCCCCCC(C)C)COP(=O)(O)OCC(O)COP(=O)(O)OC[C@@H](COC(=O)CCCCCCCCCCCCCCCCCC(C)C)OC(=O)CCCCCCCCCCCCCCCCCC(C)C. The molecule has 0 aromatic rings. The lowest BCUT2D eigenvalue weighted by Gasteiger charge is -2.21. The molecule has 0 fully saturated rings. The van der Waals surface area contributed by atoms with Crippen LogP contribution in [-0.4, -0.2) is 96.7 Å². The summed E-state index contributed by atoms with van der Waals surface area (Å²) in [7, 11) is -9.92. The summed E-state index contributed by atoms with van der Waals surface area (Å²) in [5.74, 6) is 0.988. The largest absolute Gasteiger partial charge is 0.472 e. The highest BCUT2D eigenvalue weighted by molar-refractivity contribution is 7.47. The van der Waals surface area contributed by atoms with Crippen molar-refractivity contribution in [2.45, 2.75) is 427 Å². The van der Waals surface area contributed by atoms with Gasteiger partial charge in [0.1, 0.15) is 19.3 Å². The van der Waals surface area contributed by atoms with E-state index < -0.39 is 97.5 Å². The van der Waals surface area contributed by atoms with Gasteiger partial charge in [-0.1, -0.05) is 357 Å². The van der Waals surface area contributed by atoms with Gasteiger partial charge in [-0.15, -0.1) is 0 Å². The van der Waals surface area contributed by atoms with Crippen LogP contribution in [-0.2, 0) is 65.4 Å². The molecule has 3 N–H and O–H groups in total. The molecular weight excluding hydrogens is 1290 g/mol. The molecule has 0 aliphatic carbocycles. The van der Waals surface area contributed by atoms with Crippen LogP contribution in [0.25, 0.3) is 0 Å². The Labute approximate surface area is 607 Å². The van der Waals surface area contributed by atoms with Crippen molar-refractivity contribution < 1.29 is 80.2 Å². The highest BCUT2D eigenvalue weighted by Crippen LogP contribution is 2.45. The van der Waals surface area contributed by atoms with Crippen molar-refractivity contribution in [2.24, 2.45) is 23.7 Å². The first-order chi connectivity index (χ1) is 47.6. The molecule has 17 nitrogen and oxygen atoms in total. The normalized spacial score (nSPS) is 14.3. The second kappa shape index (κ2) is 69.1. The minimum Gasteiger partial charge on any atom is -0.462 e. The van der Waals surface area contributed by atoms with Crippen LogP contribution in [0.15, 0.2) is 0 Å². The zero-order valence-corrected chi connectivity index (χ0v) is 66.9.